The SMILES string of the molecule is C[C]1CCCCC1.[MgH2]. The van der Waals surface area contributed by atoms with E-state index in [1.165, 1.54) is 32.1 Å². The largest absolute Gasteiger partial charge is 0.316 e. The molecule has 0 aromatic carbocycles. The third-order valence-corrected chi connectivity index (χ3v) is 1.71. The van der Waals surface area contributed by atoms with E-state index in [2.05, 4.69) is 6.92 Å². The summed E-state index contributed by atoms with van der Waals surface area (Å²) in [5, 5.41) is 0. The predicted molar refractivity (Wildman–Crippen MR) is 40.5 cm³/mol. The van der Waals surface area contributed by atoms with Crippen LogP contribution < -0.4 is 0 Å². The molecule has 1 aliphatic carbocycles. The molecule has 45 valence electrons. The minimum Gasteiger partial charge on any atom is -0.0591 e. The van der Waals surface area contributed by atoms with Gasteiger partial charge in [0.25, 0.3) is 0 Å². The number of hydrogen-bond acceptors (Lipinski definition) is 0. The van der Waals surface area contributed by atoms with Gasteiger partial charge in [-0.05, 0) is 18.8 Å². The van der Waals surface area contributed by atoms with E-state index in [1.807, 2.05) is 0 Å². The highest BCUT2D eigenvalue weighted by Crippen LogP contribution is 2.23. The zero-order valence-electron chi connectivity index (χ0n) is 5.04. The van der Waals surface area contributed by atoms with E-state index in [9.17, 15) is 0 Å². The van der Waals surface area contributed by atoms with Crippen molar-refractivity contribution < 1.29 is 0 Å². The molecule has 0 amide bonds. The molecule has 1 fully saturated rings. The Kier molecular flexibility index (Phi) is 5.07. The van der Waals surface area contributed by atoms with E-state index in [0.29, 0.717) is 0 Å². The Bertz CT molecular complexity index is 46.3. The normalized spacial score (nSPS) is 22.1. The Morgan fingerprint density at radius 2 is 1.50 bits per heavy atom. The van der Waals surface area contributed by atoms with Crippen molar-refractivity contribution in [2.24, 2.45) is 0 Å². The highest BCUT2D eigenvalue weighted by Gasteiger charge is 2.06. The van der Waals surface area contributed by atoms with E-state index in [1.54, 1.807) is 5.92 Å². The van der Waals surface area contributed by atoms with Crippen molar-refractivity contribution in [1.82, 2.24) is 0 Å². The van der Waals surface area contributed by atoms with E-state index < -0.39 is 0 Å². The lowest BCUT2D eigenvalue weighted by atomic mass is 9.91. The lowest BCUT2D eigenvalue weighted by Gasteiger charge is -2.14. The molecular formula is C7H15Mg. The first-order valence-electron chi connectivity index (χ1n) is 3.21. The summed E-state index contributed by atoms with van der Waals surface area (Å²) in [4.78, 5) is 0. The quantitative estimate of drug-likeness (QED) is 0.430. The van der Waals surface area contributed by atoms with Gasteiger partial charge in [0.15, 0.2) is 0 Å². The monoisotopic (exact) mass is 123 g/mol. The summed E-state index contributed by atoms with van der Waals surface area (Å²) in [6, 6.07) is 0. The van der Waals surface area contributed by atoms with Crippen molar-refractivity contribution >= 4 is 23.1 Å². The van der Waals surface area contributed by atoms with Crippen LogP contribution in [-0.2, 0) is 0 Å². The van der Waals surface area contributed by atoms with Crippen LogP contribution in [0.25, 0.3) is 0 Å². The molecule has 0 unspecified atom stereocenters. The lowest BCUT2D eigenvalue weighted by molar-refractivity contribution is 0.539. The van der Waals surface area contributed by atoms with E-state index in [4.69, 9.17) is 0 Å². The highest BCUT2D eigenvalue weighted by molar-refractivity contribution is 5.75. The van der Waals surface area contributed by atoms with Crippen LogP contribution in [0.15, 0.2) is 0 Å². The Morgan fingerprint density at radius 3 is 1.75 bits per heavy atom. The van der Waals surface area contributed by atoms with Gasteiger partial charge < -0.3 is 0 Å². The number of hydrogen-bond donors (Lipinski definition) is 0. The van der Waals surface area contributed by atoms with Gasteiger partial charge in [-0.25, -0.2) is 0 Å². The lowest BCUT2D eigenvalue weighted by Crippen LogP contribution is -1.97. The summed E-state index contributed by atoms with van der Waals surface area (Å²) in [6.45, 7) is 2.28. The van der Waals surface area contributed by atoms with Gasteiger partial charge in [-0.2, -0.15) is 0 Å². The molecule has 0 nitrogen and oxygen atoms in total. The molecular weight excluding hydrogens is 108 g/mol. The van der Waals surface area contributed by atoms with Crippen LogP contribution >= 0.6 is 0 Å². The summed E-state index contributed by atoms with van der Waals surface area (Å²) in [7, 11) is 0. The fourth-order valence-corrected chi connectivity index (χ4v) is 1.16. The standard InChI is InChI=1S/C7H13.Mg.2H/c1-7-5-3-2-4-6-7;;;/h2-6H2,1H3;;;. The first-order valence-corrected chi connectivity index (χ1v) is 3.21. The maximum absolute atomic E-state index is 2.28. The fraction of sp³-hybridized carbons (Fsp3) is 0.857. The molecule has 0 aromatic heterocycles. The van der Waals surface area contributed by atoms with E-state index in [0.717, 1.165) is 0 Å². The van der Waals surface area contributed by atoms with Crippen LogP contribution in [-0.4, -0.2) is 23.1 Å². The Labute approximate surface area is 68.2 Å². The van der Waals surface area contributed by atoms with Crippen LogP contribution in [0.5, 0.6) is 0 Å². The first kappa shape index (κ1) is 8.77. The topological polar surface area (TPSA) is 0 Å². The van der Waals surface area contributed by atoms with Crippen LogP contribution in [0.2, 0.25) is 0 Å². The molecule has 0 N–H and O–H groups in total. The number of rotatable bonds is 0. The van der Waals surface area contributed by atoms with Gasteiger partial charge in [0.1, 0.15) is 0 Å². The minimum atomic E-state index is 0. The Balaban J connectivity index is 0.000000490. The zero-order valence-corrected chi connectivity index (χ0v) is 5.04. The molecule has 0 atom stereocenters. The average Bonchev–Trinajstić information content (AvgIpc) is 1.69. The molecule has 0 aromatic rings. The van der Waals surface area contributed by atoms with Gasteiger partial charge in [-0.1, -0.05) is 26.2 Å². The smallest absolute Gasteiger partial charge is 0.0591 e. The molecule has 0 saturated heterocycles. The minimum absolute atomic E-state index is 0. The van der Waals surface area contributed by atoms with Crippen LogP contribution in [0, 0.1) is 5.92 Å². The molecule has 1 aliphatic rings. The summed E-state index contributed by atoms with van der Waals surface area (Å²) in [5.74, 6) is 1.71. The molecule has 1 radical (unpaired) electrons. The molecule has 1 heteroatoms. The predicted octanol–water partition coefficient (Wildman–Crippen LogP) is 1.63. The van der Waals surface area contributed by atoms with Gasteiger partial charge in [0.2, 0.25) is 0 Å². The second-order valence-corrected chi connectivity index (χ2v) is 2.52. The van der Waals surface area contributed by atoms with Gasteiger partial charge >= 0.3 is 23.1 Å². The van der Waals surface area contributed by atoms with Gasteiger partial charge in [0.05, 0.1) is 0 Å². The van der Waals surface area contributed by atoms with Crippen LogP contribution in [0.4, 0.5) is 0 Å². The van der Waals surface area contributed by atoms with Crippen molar-refractivity contribution in [3.05, 3.63) is 5.92 Å². The van der Waals surface area contributed by atoms with Gasteiger partial charge in [-0.15, -0.1) is 0 Å². The Hall–Kier alpha value is 0.766. The molecule has 0 spiro atoms. The highest BCUT2D eigenvalue weighted by atomic mass is 24.3. The maximum Gasteiger partial charge on any atom is 0.316 e. The molecule has 0 aliphatic heterocycles. The van der Waals surface area contributed by atoms with Crippen molar-refractivity contribution in [3.63, 3.8) is 0 Å². The Morgan fingerprint density at radius 1 is 1.00 bits per heavy atom. The van der Waals surface area contributed by atoms with Gasteiger partial charge in [-0.3, -0.25) is 0 Å². The van der Waals surface area contributed by atoms with Crippen molar-refractivity contribution in [3.8, 4) is 0 Å². The van der Waals surface area contributed by atoms with E-state index >= 15 is 0 Å². The van der Waals surface area contributed by atoms with Gasteiger partial charge in [0, 0.05) is 0 Å². The van der Waals surface area contributed by atoms with Crippen molar-refractivity contribution in [2.75, 3.05) is 0 Å². The van der Waals surface area contributed by atoms with Crippen molar-refractivity contribution in [2.45, 2.75) is 39.0 Å². The molecule has 8 heavy (non-hydrogen) atoms. The maximum atomic E-state index is 2.28. The second kappa shape index (κ2) is 4.63. The summed E-state index contributed by atoms with van der Waals surface area (Å²) < 4.78 is 0. The van der Waals surface area contributed by atoms with Crippen LogP contribution in [0.1, 0.15) is 39.0 Å². The summed E-state index contributed by atoms with van der Waals surface area (Å²) >= 11 is 0. The fourth-order valence-electron chi connectivity index (χ4n) is 1.16. The third kappa shape index (κ3) is 2.93. The summed E-state index contributed by atoms with van der Waals surface area (Å²) in [6.07, 6.45) is 7.18. The van der Waals surface area contributed by atoms with E-state index in [-0.39, 0.29) is 23.1 Å². The molecule has 1 rings (SSSR count). The zero-order chi connectivity index (χ0) is 5.11. The molecule has 0 bridgehead atoms. The molecule has 1 saturated carbocycles. The summed E-state index contributed by atoms with van der Waals surface area (Å²) in [5.41, 5.74) is 0. The third-order valence-electron chi connectivity index (χ3n) is 1.71. The molecule has 0 heterocycles. The van der Waals surface area contributed by atoms with Crippen LogP contribution in [0.3, 0.4) is 0 Å². The van der Waals surface area contributed by atoms with Crippen molar-refractivity contribution in [1.29, 1.82) is 0 Å². The average molecular weight is 124 g/mol. The second-order valence-electron chi connectivity index (χ2n) is 2.52. The first-order chi connectivity index (χ1) is 3.39.